The van der Waals surface area contributed by atoms with Crippen LogP contribution in [0.1, 0.15) is 64.9 Å². The first-order chi connectivity index (χ1) is 12.8. The minimum atomic E-state index is -0.620. The standard InChI is InChI=1S/C23H31NO3/c1-14(2)21(24-15(3)25)22(26)27-20-6-4-19(5-7-20)23-11-16-8-17(12-23)10-18(9-16)13-23/h4-7,14,16-18,21H,8-13H2,1-3H3,(H,24,25). The van der Waals surface area contributed by atoms with E-state index in [0.717, 1.165) is 17.8 Å². The fourth-order valence-corrected chi connectivity index (χ4v) is 6.24. The topological polar surface area (TPSA) is 55.4 Å². The zero-order valence-corrected chi connectivity index (χ0v) is 16.7. The molecule has 4 aliphatic carbocycles. The summed E-state index contributed by atoms with van der Waals surface area (Å²) in [7, 11) is 0. The Morgan fingerprint density at radius 2 is 1.52 bits per heavy atom. The number of benzene rings is 1. The van der Waals surface area contributed by atoms with Crippen molar-refractivity contribution in [2.75, 3.05) is 0 Å². The monoisotopic (exact) mass is 369 g/mol. The summed E-state index contributed by atoms with van der Waals surface area (Å²) >= 11 is 0. The van der Waals surface area contributed by atoms with Gasteiger partial charge in [0.1, 0.15) is 11.8 Å². The molecule has 4 nitrogen and oxygen atoms in total. The number of hydrogen-bond donors (Lipinski definition) is 1. The van der Waals surface area contributed by atoms with Crippen LogP contribution in [0.25, 0.3) is 0 Å². The van der Waals surface area contributed by atoms with Gasteiger partial charge in [-0.15, -0.1) is 0 Å². The molecule has 0 heterocycles. The second-order valence-electron chi connectivity index (χ2n) is 9.57. The maximum absolute atomic E-state index is 12.5. The lowest BCUT2D eigenvalue weighted by atomic mass is 9.48. The molecule has 4 saturated carbocycles. The van der Waals surface area contributed by atoms with Gasteiger partial charge >= 0.3 is 5.97 Å². The van der Waals surface area contributed by atoms with E-state index in [1.807, 2.05) is 26.0 Å². The van der Waals surface area contributed by atoms with Crippen molar-refractivity contribution in [3.63, 3.8) is 0 Å². The van der Waals surface area contributed by atoms with Crippen molar-refractivity contribution in [3.05, 3.63) is 29.8 Å². The Morgan fingerprint density at radius 1 is 1.00 bits per heavy atom. The number of carbonyl (C=O) groups is 2. The van der Waals surface area contributed by atoms with E-state index in [2.05, 4.69) is 17.4 Å². The Bertz CT molecular complexity index is 686. The van der Waals surface area contributed by atoms with Gasteiger partial charge < -0.3 is 10.1 Å². The Hall–Kier alpha value is -1.84. The van der Waals surface area contributed by atoms with E-state index < -0.39 is 12.0 Å². The number of carbonyl (C=O) groups excluding carboxylic acids is 2. The third-order valence-corrected chi connectivity index (χ3v) is 7.00. The van der Waals surface area contributed by atoms with Gasteiger partial charge in [0.25, 0.3) is 0 Å². The van der Waals surface area contributed by atoms with Crippen LogP contribution in [-0.4, -0.2) is 17.9 Å². The Morgan fingerprint density at radius 3 is 1.96 bits per heavy atom. The molecule has 0 aliphatic heterocycles. The molecule has 0 saturated heterocycles. The first kappa shape index (κ1) is 18.5. The maximum atomic E-state index is 12.5. The molecule has 0 radical (unpaired) electrons. The van der Waals surface area contributed by atoms with E-state index in [9.17, 15) is 9.59 Å². The van der Waals surface area contributed by atoms with Gasteiger partial charge in [-0.3, -0.25) is 4.79 Å². The van der Waals surface area contributed by atoms with Gasteiger partial charge in [0, 0.05) is 6.92 Å². The number of amides is 1. The highest BCUT2D eigenvalue weighted by Gasteiger charge is 2.51. The molecule has 4 bridgehead atoms. The molecule has 27 heavy (non-hydrogen) atoms. The molecule has 4 fully saturated rings. The molecule has 1 aromatic rings. The van der Waals surface area contributed by atoms with Crippen LogP contribution in [0.3, 0.4) is 0 Å². The molecule has 0 aromatic heterocycles. The third-order valence-electron chi connectivity index (χ3n) is 7.00. The van der Waals surface area contributed by atoms with E-state index in [-0.39, 0.29) is 11.8 Å². The summed E-state index contributed by atoms with van der Waals surface area (Å²) in [4.78, 5) is 23.8. The molecule has 0 spiro atoms. The minimum absolute atomic E-state index is 0.0206. The highest BCUT2D eigenvalue weighted by atomic mass is 16.5. The van der Waals surface area contributed by atoms with Crippen molar-refractivity contribution in [1.82, 2.24) is 5.32 Å². The largest absolute Gasteiger partial charge is 0.425 e. The van der Waals surface area contributed by atoms with Crippen molar-refractivity contribution >= 4 is 11.9 Å². The van der Waals surface area contributed by atoms with Crippen LogP contribution < -0.4 is 10.1 Å². The van der Waals surface area contributed by atoms with Crippen LogP contribution in [0.2, 0.25) is 0 Å². The van der Waals surface area contributed by atoms with Gasteiger partial charge in [-0.05, 0) is 85.3 Å². The number of rotatable bonds is 5. The lowest BCUT2D eigenvalue weighted by Gasteiger charge is -2.57. The lowest BCUT2D eigenvalue weighted by molar-refractivity contribution is -0.140. The Kier molecular flexibility index (Phi) is 4.77. The normalized spacial score (nSPS) is 32.4. The molecule has 5 rings (SSSR count). The summed E-state index contributed by atoms with van der Waals surface area (Å²) in [6, 6.07) is 7.57. The van der Waals surface area contributed by atoms with Crippen molar-refractivity contribution in [1.29, 1.82) is 0 Å². The van der Waals surface area contributed by atoms with Gasteiger partial charge in [-0.2, -0.15) is 0 Å². The summed E-state index contributed by atoms with van der Waals surface area (Å²) in [5.74, 6) is 2.66. The highest BCUT2D eigenvalue weighted by Crippen LogP contribution is 2.60. The van der Waals surface area contributed by atoms with Crippen LogP contribution >= 0.6 is 0 Å². The zero-order chi connectivity index (χ0) is 19.2. The Balaban J connectivity index is 1.46. The van der Waals surface area contributed by atoms with Crippen LogP contribution in [0.5, 0.6) is 5.75 Å². The highest BCUT2D eigenvalue weighted by molar-refractivity contribution is 5.84. The minimum Gasteiger partial charge on any atom is -0.425 e. The molecule has 146 valence electrons. The second kappa shape index (κ2) is 6.96. The van der Waals surface area contributed by atoms with Gasteiger partial charge in [-0.25, -0.2) is 4.79 Å². The first-order valence-corrected chi connectivity index (χ1v) is 10.4. The summed E-state index contributed by atoms with van der Waals surface area (Å²) in [6.45, 7) is 5.22. The zero-order valence-electron chi connectivity index (χ0n) is 16.7. The molecular weight excluding hydrogens is 338 g/mol. The SMILES string of the molecule is CC(=O)NC(C(=O)Oc1ccc(C23CC4CC(CC(C4)C2)C3)cc1)C(C)C. The second-order valence-corrected chi connectivity index (χ2v) is 9.57. The van der Waals surface area contributed by atoms with Gasteiger partial charge in [-0.1, -0.05) is 26.0 Å². The van der Waals surface area contributed by atoms with Gasteiger partial charge in [0.15, 0.2) is 0 Å². The third kappa shape index (κ3) is 3.63. The summed E-state index contributed by atoms with van der Waals surface area (Å²) in [5, 5.41) is 2.69. The number of nitrogens with one attached hydrogen (secondary N) is 1. The molecule has 1 aromatic carbocycles. The summed E-state index contributed by atoms with van der Waals surface area (Å²) < 4.78 is 5.56. The van der Waals surface area contributed by atoms with Crippen LogP contribution in [0, 0.1) is 23.7 Å². The average Bonchev–Trinajstić information content (AvgIpc) is 2.58. The molecule has 4 aliphatic rings. The van der Waals surface area contributed by atoms with E-state index in [4.69, 9.17) is 4.74 Å². The van der Waals surface area contributed by atoms with E-state index in [1.165, 1.54) is 51.0 Å². The number of esters is 1. The van der Waals surface area contributed by atoms with E-state index in [0.29, 0.717) is 11.2 Å². The lowest BCUT2D eigenvalue weighted by Crippen LogP contribution is -2.48. The molecule has 1 amide bonds. The van der Waals surface area contributed by atoms with E-state index in [1.54, 1.807) is 0 Å². The predicted octanol–water partition coefficient (Wildman–Crippen LogP) is 4.22. The fourth-order valence-electron chi connectivity index (χ4n) is 6.24. The average molecular weight is 370 g/mol. The molecule has 1 atom stereocenters. The van der Waals surface area contributed by atoms with Crippen molar-refractivity contribution in [2.45, 2.75) is 70.8 Å². The molecular formula is C23H31NO3. The van der Waals surface area contributed by atoms with Gasteiger partial charge in [0.2, 0.25) is 5.91 Å². The quantitative estimate of drug-likeness (QED) is 0.624. The summed E-state index contributed by atoms with van der Waals surface area (Å²) in [5.41, 5.74) is 1.78. The van der Waals surface area contributed by atoms with Crippen LogP contribution in [0.4, 0.5) is 0 Å². The van der Waals surface area contributed by atoms with E-state index >= 15 is 0 Å². The van der Waals surface area contributed by atoms with Crippen LogP contribution in [0.15, 0.2) is 24.3 Å². The van der Waals surface area contributed by atoms with Crippen molar-refractivity contribution < 1.29 is 14.3 Å². The summed E-state index contributed by atoms with van der Waals surface area (Å²) in [6.07, 6.45) is 8.31. The smallest absolute Gasteiger partial charge is 0.334 e. The number of hydrogen-bond acceptors (Lipinski definition) is 3. The molecule has 4 heteroatoms. The van der Waals surface area contributed by atoms with Crippen molar-refractivity contribution in [2.24, 2.45) is 23.7 Å². The molecule has 1 N–H and O–H groups in total. The molecule has 1 unspecified atom stereocenters. The number of ether oxygens (including phenoxy) is 1. The Labute approximate surface area is 162 Å². The first-order valence-electron chi connectivity index (χ1n) is 10.4. The van der Waals surface area contributed by atoms with Gasteiger partial charge in [0.05, 0.1) is 0 Å². The maximum Gasteiger partial charge on any atom is 0.334 e. The van der Waals surface area contributed by atoms with Crippen LogP contribution in [-0.2, 0) is 15.0 Å². The predicted molar refractivity (Wildman–Crippen MR) is 104 cm³/mol. The van der Waals surface area contributed by atoms with Crippen molar-refractivity contribution in [3.8, 4) is 5.75 Å². The fraction of sp³-hybridized carbons (Fsp3) is 0.652.